The third-order valence-electron chi connectivity index (χ3n) is 4.57. The van der Waals surface area contributed by atoms with E-state index < -0.39 is 0 Å². The van der Waals surface area contributed by atoms with Crippen LogP contribution >= 0.6 is 12.2 Å². The second-order valence-corrected chi connectivity index (χ2v) is 6.70. The standard InChI is InChI=1S/C21H16N2O3S/c1-22-16(20(25)23(2)21(22)27)11-13-8-9-18-15(10-13)17(24)12-19(26-18)14-6-4-3-5-7-14/h3-12H,1-2H3/b16-11-. The normalized spacial score (nSPS) is 16.0. The topological polar surface area (TPSA) is 53.8 Å². The third-order valence-corrected chi connectivity index (χ3v) is 5.12. The van der Waals surface area contributed by atoms with Crippen LogP contribution in [0.1, 0.15) is 5.56 Å². The number of likely N-dealkylation sites (N-methyl/N-ethyl adjacent to an activating group) is 2. The number of hydrogen-bond acceptors (Lipinski definition) is 4. The zero-order valence-corrected chi connectivity index (χ0v) is 15.6. The van der Waals surface area contributed by atoms with Crippen molar-refractivity contribution in [3.63, 3.8) is 0 Å². The molecule has 6 heteroatoms. The van der Waals surface area contributed by atoms with Crippen molar-refractivity contribution in [2.45, 2.75) is 0 Å². The molecule has 0 spiro atoms. The Balaban J connectivity index is 1.79. The van der Waals surface area contributed by atoms with Gasteiger partial charge in [-0.3, -0.25) is 14.5 Å². The first kappa shape index (κ1) is 17.2. The summed E-state index contributed by atoms with van der Waals surface area (Å²) in [6.45, 7) is 0. The van der Waals surface area contributed by atoms with Gasteiger partial charge in [0.15, 0.2) is 10.5 Å². The van der Waals surface area contributed by atoms with Crippen molar-refractivity contribution < 1.29 is 9.21 Å². The fourth-order valence-corrected chi connectivity index (χ4v) is 3.24. The van der Waals surface area contributed by atoms with Crippen LogP contribution in [0.3, 0.4) is 0 Å². The first-order valence-electron chi connectivity index (χ1n) is 8.36. The zero-order valence-electron chi connectivity index (χ0n) is 14.8. The molecule has 0 saturated carbocycles. The summed E-state index contributed by atoms with van der Waals surface area (Å²) in [5.41, 5.74) is 2.41. The summed E-state index contributed by atoms with van der Waals surface area (Å²) in [6.07, 6.45) is 1.72. The van der Waals surface area contributed by atoms with Crippen LogP contribution in [0.5, 0.6) is 0 Å². The Morgan fingerprint density at radius 2 is 1.70 bits per heavy atom. The molecule has 134 valence electrons. The van der Waals surface area contributed by atoms with Gasteiger partial charge >= 0.3 is 0 Å². The second-order valence-electron chi connectivity index (χ2n) is 6.33. The lowest BCUT2D eigenvalue weighted by molar-refractivity contribution is -0.121. The van der Waals surface area contributed by atoms with E-state index in [1.807, 2.05) is 36.4 Å². The quantitative estimate of drug-likeness (QED) is 0.506. The summed E-state index contributed by atoms with van der Waals surface area (Å²) >= 11 is 5.22. The van der Waals surface area contributed by atoms with Crippen LogP contribution in [0, 0.1) is 0 Å². The summed E-state index contributed by atoms with van der Waals surface area (Å²) in [4.78, 5) is 28.0. The molecule has 1 fully saturated rings. The van der Waals surface area contributed by atoms with Crippen molar-refractivity contribution in [1.29, 1.82) is 0 Å². The fourth-order valence-electron chi connectivity index (χ4n) is 3.05. The Kier molecular flexibility index (Phi) is 4.12. The maximum atomic E-state index is 12.6. The molecular formula is C21H16N2O3S. The van der Waals surface area contributed by atoms with Crippen molar-refractivity contribution in [3.05, 3.63) is 76.1 Å². The molecule has 1 aromatic heterocycles. The van der Waals surface area contributed by atoms with Gasteiger partial charge in [-0.15, -0.1) is 0 Å². The summed E-state index contributed by atoms with van der Waals surface area (Å²) in [5.74, 6) is 0.353. The summed E-state index contributed by atoms with van der Waals surface area (Å²) in [6, 6.07) is 16.3. The number of carbonyl (C=O) groups excluding carboxylic acids is 1. The second kappa shape index (κ2) is 6.48. The Labute approximate surface area is 161 Å². The van der Waals surface area contributed by atoms with Gasteiger partial charge < -0.3 is 9.32 Å². The molecule has 2 aromatic carbocycles. The van der Waals surface area contributed by atoms with Gasteiger partial charge in [-0.25, -0.2) is 0 Å². The Morgan fingerprint density at radius 1 is 0.963 bits per heavy atom. The number of nitrogens with zero attached hydrogens (tertiary/aromatic N) is 2. The zero-order chi connectivity index (χ0) is 19.1. The maximum absolute atomic E-state index is 12.6. The average Bonchev–Trinajstić information content (AvgIpc) is 2.87. The van der Waals surface area contributed by atoms with E-state index in [1.165, 1.54) is 11.0 Å². The van der Waals surface area contributed by atoms with Crippen LogP contribution < -0.4 is 5.43 Å². The summed E-state index contributed by atoms with van der Waals surface area (Å²) in [7, 11) is 3.39. The minimum atomic E-state index is -0.172. The van der Waals surface area contributed by atoms with Crippen molar-refractivity contribution in [2.75, 3.05) is 14.1 Å². The van der Waals surface area contributed by atoms with Crippen LogP contribution in [0.15, 0.2) is 69.5 Å². The van der Waals surface area contributed by atoms with E-state index in [0.717, 1.165) is 11.1 Å². The predicted molar refractivity (Wildman–Crippen MR) is 109 cm³/mol. The number of carbonyl (C=O) groups is 1. The van der Waals surface area contributed by atoms with Gasteiger partial charge in [-0.2, -0.15) is 0 Å². The van der Waals surface area contributed by atoms with E-state index in [4.69, 9.17) is 16.6 Å². The molecule has 1 aliphatic rings. The minimum absolute atomic E-state index is 0.130. The Morgan fingerprint density at radius 3 is 2.37 bits per heavy atom. The van der Waals surface area contributed by atoms with Crippen molar-refractivity contribution in [1.82, 2.24) is 9.80 Å². The first-order valence-corrected chi connectivity index (χ1v) is 8.77. The molecular weight excluding hydrogens is 360 g/mol. The highest BCUT2D eigenvalue weighted by Gasteiger charge is 2.32. The van der Waals surface area contributed by atoms with Crippen LogP contribution in [0.2, 0.25) is 0 Å². The van der Waals surface area contributed by atoms with Crippen LogP contribution in [-0.2, 0) is 4.79 Å². The molecule has 2 heterocycles. The third kappa shape index (κ3) is 2.94. The fraction of sp³-hybridized carbons (Fsp3) is 0.0952. The number of amides is 1. The number of fused-ring (bicyclic) bond motifs is 1. The molecule has 0 aliphatic carbocycles. The van der Waals surface area contributed by atoms with Crippen molar-refractivity contribution in [3.8, 4) is 11.3 Å². The van der Waals surface area contributed by atoms with E-state index in [1.54, 1.807) is 37.2 Å². The van der Waals surface area contributed by atoms with E-state index in [-0.39, 0.29) is 11.3 Å². The van der Waals surface area contributed by atoms with Gasteiger partial charge in [0.2, 0.25) is 0 Å². The minimum Gasteiger partial charge on any atom is -0.456 e. The summed E-state index contributed by atoms with van der Waals surface area (Å²) < 4.78 is 5.90. The summed E-state index contributed by atoms with van der Waals surface area (Å²) in [5, 5.41) is 0.909. The van der Waals surface area contributed by atoms with Gasteiger partial charge in [0.05, 0.1) is 5.39 Å². The van der Waals surface area contributed by atoms with E-state index in [2.05, 4.69) is 0 Å². The number of thiocarbonyl (C=S) groups is 1. The maximum Gasteiger partial charge on any atom is 0.276 e. The molecule has 1 aliphatic heterocycles. The highest BCUT2D eigenvalue weighted by molar-refractivity contribution is 7.80. The van der Waals surface area contributed by atoms with Gasteiger partial charge in [0.1, 0.15) is 17.0 Å². The number of rotatable bonds is 2. The largest absolute Gasteiger partial charge is 0.456 e. The van der Waals surface area contributed by atoms with Gasteiger partial charge in [0.25, 0.3) is 5.91 Å². The molecule has 1 amide bonds. The predicted octanol–water partition coefficient (Wildman–Crippen LogP) is 3.49. The van der Waals surface area contributed by atoms with Crippen LogP contribution in [0.4, 0.5) is 0 Å². The SMILES string of the molecule is CN1C(=O)/C(=C/c2ccc3oc(-c4ccccc4)cc(=O)c3c2)N(C)C1=S. The molecule has 3 aromatic rings. The molecule has 5 nitrogen and oxygen atoms in total. The lowest BCUT2D eigenvalue weighted by atomic mass is 10.1. The van der Waals surface area contributed by atoms with Crippen molar-refractivity contribution >= 4 is 40.3 Å². The van der Waals surface area contributed by atoms with Gasteiger partial charge in [-0.05, 0) is 36.0 Å². The molecule has 4 rings (SSSR count). The lowest BCUT2D eigenvalue weighted by Crippen LogP contribution is -2.26. The molecule has 27 heavy (non-hydrogen) atoms. The molecule has 0 radical (unpaired) electrons. The Hall–Kier alpha value is -3.25. The highest BCUT2D eigenvalue weighted by atomic mass is 32.1. The Bertz CT molecular complexity index is 1170. The van der Waals surface area contributed by atoms with Crippen LogP contribution in [0.25, 0.3) is 28.4 Å². The average molecular weight is 376 g/mol. The van der Waals surface area contributed by atoms with E-state index in [0.29, 0.717) is 27.5 Å². The smallest absolute Gasteiger partial charge is 0.276 e. The van der Waals surface area contributed by atoms with E-state index in [9.17, 15) is 9.59 Å². The molecule has 1 saturated heterocycles. The molecule has 0 N–H and O–H groups in total. The number of hydrogen-bond donors (Lipinski definition) is 0. The monoisotopic (exact) mass is 376 g/mol. The van der Waals surface area contributed by atoms with Gasteiger partial charge in [-0.1, -0.05) is 36.4 Å². The van der Waals surface area contributed by atoms with Crippen molar-refractivity contribution in [2.24, 2.45) is 0 Å². The van der Waals surface area contributed by atoms with E-state index >= 15 is 0 Å². The molecule has 0 unspecified atom stereocenters. The van der Waals surface area contributed by atoms with Gasteiger partial charge in [0, 0.05) is 25.7 Å². The highest BCUT2D eigenvalue weighted by Crippen LogP contribution is 2.25. The number of benzene rings is 2. The molecule has 0 atom stereocenters. The van der Waals surface area contributed by atoms with Crippen LogP contribution in [-0.4, -0.2) is 34.9 Å². The lowest BCUT2D eigenvalue weighted by Gasteiger charge is -2.11. The first-order chi connectivity index (χ1) is 13.0. The molecule has 0 bridgehead atoms.